The number of anilines is 1. The van der Waals surface area contributed by atoms with Crippen molar-refractivity contribution in [1.82, 2.24) is 10.2 Å². The molecular weight excluding hydrogens is 398 g/mol. The van der Waals surface area contributed by atoms with Gasteiger partial charge in [-0.15, -0.1) is 0 Å². The van der Waals surface area contributed by atoms with Crippen LogP contribution in [0, 0.1) is 0 Å². The third-order valence-corrected chi connectivity index (χ3v) is 5.32. The van der Waals surface area contributed by atoms with Gasteiger partial charge in [-0.1, -0.05) is 48.9 Å². The summed E-state index contributed by atoms with van der Waals surface area (Å²) in [6, 6.07) is 22.9. The monoisotopic (exact) mass is 419 g/mol. The van der Waals surface area contributed by atoms with Crippen LogP contribution in [-0.2, 0) is 0 Å². The molecular formula is C24H22ClN3O2. The van der Waals surface area contributed by atoms with Gasteiger partial charge < -0.3 is 10.1 Å². The van der Waals surface area contributed by atoms with Gasteiger partial charge in [-0.25, -0.2) is 5.10 Å². The molecule has 0 fully saturated rings. The number of hydrogen-bond acceptors (Lipinski definition) is 4. The summed E-state index contributed by atoms with van der Waals surface area (Å²) in [4.78, 5) is 11.9. The van der Waals surface area contributed by atoms with Gasteiger partial charge in [-0.05, 0) is 60.4 Å². The van der Waals surface area contributed by atoms with Crippen LogP contribution in [0.5, 0.6) is 11.5 Å². The number of aromatic amines is 1. The quantitative estimate of drug-likeness (QED) is 0.387. The summed E-state index contributed by atoms with van der Waals surface area (Å²) >= 11 is 5.91. The van der Waals surface area contributed by atoms with Crippen LogP contribution in [0.15, 0.2) is 77.6 Å². The van der Waals surface area contributed by atoms with Gasteiger partial charge in [0.05, 0.1) is 5.39 Å². The zero-order valence-corrected chi connectivity index (χ0v) is 17.3. The molecule has 2 N–H and O–H groups in total. The first kappa shape index (κ1) is 20.0. The van der Waals surface area contributed by atoms with E-state index in [2.05, 4.69) is 34.6 Å². The first-order valence-electron chi connectivity index (χ1n) is 9.85. The topological polar surface area (TPSA) is 67.0 Å². The molecule has 1 aromatic heterocycles. The zero-order chi connectivity index (χ0) is 20.9. The summed E-state index contributed by atoms with van der Waals surface area (Å²) in [5, 5.41) is 12.2. The Morgan fingerprint density at radius 3 is 2.30 bits per heavy atom. The number of fused-ring (bicyclic) bond motifs is 1. The number of ether oxygens (including phenoxy) is 1. The molecule has 0 radical (unpaired) electrons. The van der Waals surface area contributed by atoms with Gasteiger partial charge in [0.2, 0.25) is 0 Å². The molecule has 1 atom stereocenters. The molecule has 0 spiro atoms. The van der Waals surface area contributed by atoms with E-state index < -0.39 is 0 Å². The van der Waals surface area contributed by atoms with Gasteiger partial charge in [0.1, 0.15) is 11.5 Å². The third kappa shape index (κ3) is 4.63. The second kappa shape index (κ2) is 9.01. The molecule has 0 bridgehead atoms. The molecule has 6 heteroatoms. The van der Waals surface area contributed by atoms with Gasteiger partial charge in [-0.2, -0.15) is 5.10 Å². The Hall–Kier alpha value is -3.31. The summed E-state index contributed by atoms with van der Waals surface area (Å²) in [5.41, 5.74) is 1.06. The van der Waals surface area contributed by atoms with Crippen molar-refractivity contribution in [1.29, 1.82) is 0 Å². The number of halogens is 1. The van der Waals surface area contributed by atoms with Crippen LogP contribution in [0.25, 0.3) is 10.8 Å². The zero-order valence-electron chi connectivity index (χ0n) is 16.6. The van der Waals surface area contributed by atoms with Gasteiger partial charge >= 0.3 is 0 Å². The van der Waals surface area contributed by atoms with Crippen LogP contribution in [0.4, 0.5) is 5.82 Å². The highest BCUT2D eigenvalue weighted by atomic mass is 35.5. The smallest absolute Gasteiger partial charge is 0.272 e. The van der Waals surface area contributed by atoms with Crippen LogP contribution in [0.1, 0.15) is 24.8 Å². The summed E-state index contributed by atoms with van der Waals surface area (Å²) in [5.74, 6) is 2.60. The Bertz CT molecular complexity index is 1190. The average Bonchev–Trinajstić information content (AvgIpc) is 2.77. The van der Waals surface area contributed by atoms with Crippen molar-refractivity contribution in [2.45, 2.75) is 19.3 Å². The van der Waals surface area contributed by atoms with E-state index >= 15 is 0 Å². The summed E-state index contributed by atoms with van der Waals surface area (Å²) in [6.45, 7) is 2.93. The Labute approximate surface area is 179 Å². The van der Waals surface area contributed by atoms with Gasteiger partial charge in [0.15, 0.2) is 5.82 Å². The van der Waals surface area contributed by atoms with Crippen LogP contribution in [0.3, 0.4) is 0 Å². The van der Waals surface area contributed by atoms with Crippen LogP contribution < -0.4 is 15.6 Å². The Balaban J connectivity index is 1.35. The van der Waals surface area contributed by atoms with E-state index in [9.17, 15) is 4.79 Å². The molecule has 0 saturated carbocycles. The van der Waals surface area contributed by atoms with Crippen LogP contribution in [-0.4, -0.2) is 16.7 Å². The van der Waals surface area contributed by atoms with Crippen molar-refractivity contribution < 1.29 is 4.74 Å². The lowest BCUT2D eigenvalue weighted by Crippen LogP contribution is -2.13. The molecule has 3 aromatic carbocycles. The molecule has 0 aliphatic heterocycles. The van der Waals surface area contributed by atoms with E-state index in [0.29, 0.717) is 22.1 Å². The minimum Gasteiger partial charge on any atom is -0.457 e. The molecule has 4 aromatic rings. The van der Waals surface area contributed by atoms with Crippen molar-refractivity contribution in [3.8, 4) is 11.5 Å². The number of nitrogens with one attached hydrogen (secondary N) is 2. The molecule has 0 aliphatic carbocycles. The second-order valence-electron chi connectivity index (χ2n) is 7.19. The van der Waals surface area contributed by atoms with Crippen molar-refractivity contribution in [2.75, 3.05) is 11.9 Å². The molecule has 5 nitrogen and oxygen atoms in total. The highest BCUT2D eigenvalue weighted by Gasteiger charge is 2.09. The maximum atomic E-state index is 11.9. The predicted molar refractivity (Wildman–Crippen MR) is 122 cm³/mol. The number of benzene rings is 3. The standard InChI is InChI=1S/C24H22ClN3O2/c1-16(14-15-26-23-21-4-2-3-5-22(21)24(29)28-27-23)17-6-10-19(11-7-17)30-20-12-8-18(25)9-13-20/h2-13,16H,14-15H2,1H3,(H,26,27)(H,28,29). The predicted octanol–water partition coefficient (Wildman–Crippen LogP) is 5.97. The molecule has 1 unspecified atom stereocenters. The summed E-state index contributed by atoms with van der Waals surface area (Å²) < 4.78 is 5.85. The van der Waals surface area contributed by atoms with Gasteiger partial charge in [0.25, 0.3) is 5.56 Å². The Kier molecular flexibility index (Phi) is 6.00. The highest BCUT2D eigenvalue weighted by molar-refractivity contribution is 6.30. The highest BCUT2D eigenvalue weighted by Crippen LogP contribution is 2.26. The number of aromatic nitrogens is 2. The molecule has 30 heavy (non-hydrogen) atoms. The SMILES string of the molecule is CC(CCNc1n[nH]c(=O)c2ccccc12)c1ccc(Oc2ccc(Cl)cc2)cc1. The van der Waals surface area contributed by atoms with Crippen LogP contribution in [0.2, 0.25) is 5.02 Å². The molecule has 4 rings (SSSR count). The lowest BCUT2D eigenvalue weighted by molar-refractivity contribution is 0.482. The minimum atomic E-state index is -0.176. The molecule has 0 aliphatic rings. The van der Waals surface area contributed by atoms with E-state index in [-0.39, 0.29) is 5.56 Å². The molecule has 0 saturated heterocycles. The number of rotatable bonds is 7. The van der Waals surface area contributed by atoms with E-state index in [0.717, 1.165) is 29.9 Å². The van der Waals surface area contributed by atoms with E-state index in [1.54, 1.807) is 18.2 Å². The normalized spacial score (nSPS) is 11.9. The van der Waals surface area contributed by atoms with E-state index in [4.69, 9.17) is 16.3 Å². The van der Waals surface area contributed by atoms with Crippen molar-refractivity contribution >= 4 is 28.2 Å². The molecule has 0 amide bonds. The first-order chi connectivity index (χ1) is 14.6. The Morgan fingerprint density at radius 2 is 1.60 bits per heavy atom. The fraction of sp³-hybridized carbons (Fsp3) is 0.167. The fourth-order valence-electron chi connectivity index (χ4n) is 3.33. The lowest BCUT2D eigenvalue weighted by atomic mass is 9.98. The third-order valence-electron chi connectivity index (χ3n) is 5.06. The maximum Gasteiger partial charge on any atom is 0.272 e. The van der Waals surface area contributed by atoms with Crippen molar-refractivity contribution in [3.05, 3.63) is 93.7 Å². The largest absolute Gasteiger partial charge is 0.457 e. The fourth-order valence-corrected chi connectivity index (χ4v) is 3.45. The van der Waals surface area contributed by atoms with E-state index in [1.165, 1.54) is 5.56 Å². The van der Waals surface area contributed by atoms with Crippen LogP contribution >= 0.6 is 11.6 Å². The van der Waals surface area contributed by atoms with Crippen molar-refractivity contribution in [2.24, 2.45) is 0 Å². The van der Waals surface area contributed by atoms with Gasteiger partial charge in [-0.3, -0.25) is 4.79 Å². The Morgan fingerprint density at radius 1 is 0.967 bits per heavy atom. The first-order valence-corrected chi connectivity index (χ1v) is 10.2. The number of H-pyrrole nitrogens is 1. The molecule has 1 heterocycles. The summed E-state index contributed by atoms with van der Waals surface area (Å²) in [6.07, 6.45) is 0.923. The van der Waals surface area contributed by atoms with E-state index in [1.807, 2.05) is 42.5 Å². The van der Waals surface area contributed by atoms with Crippen molar-refractivity contribution in [3.63, 3.8) is 0 Å². The minimum absolute atomic E-state index is 0.176. The maximum absolute atomic E-state index is 11.9. The molecule has 152 valence electrons. The number of nitrogens with zero attached hydrogens (tertiary/aromatic N) is 1. The number of hydrogen-bond donors (Lipinski definition) is 2. The second-order valence-corrected chi connectivity index (χ2v) is 7.62. The van der Waals surface area contributed by atoms with Gasteiger partial charge in [0, 0.05) is 17.0 Å². The lowest BCUT2D eigenvalue weighted by Gasteiger charge is -2.14. The summed E-state index contributed by atoms with van der Waals surface area (Å²) in [7, 11) is 0. The average molecular weight is 420 g/mol.